The molecule has 4 aromatic rings. The van der Waals surface area contributed by atoms with Crippen LogP contribution in [0.1, 0.15) is 104 Å². The van der Waals surface area contributed by atoms with E-state index >= 15 is 0 Å². The number of ether oxygens (including phenoxy) is 4. The second-order valence-corrected chi connectivity index (χ2v) is 14.6. The highest BCUT2D eigenvalue weighted by Crippen LogP contribution is 2.36. The van der Waals surface area contributed by atoms with Crippen molar-refractivity contribution in [3.8, 4) is 11.5 Å². The molecule has 2 aliphatic heterocycles. The molecule has 2 atom stereocenters. The topological polar surface area (TPSA) is 180 Å². The molecule has 0 fully saturated rings. The molecule has 0 aromatic heterocycles. The van der Waals surface area contributed by atoms with Crippen LogP contribution >= 0.6 is 0 Å². The summed E-state index contributed by atoms with van der Waals surface area (Å²) in [5.74, 6) is -4.44. The van der Waals surface area contributed by atoms with Gasteiger partial charge in [0.05, 0.1) is 25.0 Å². The third-order valence-electron chi connectivity index (χ3n) is 9.72. The lowest BCUT2D eigenvalue weighted by atomic mass is 9.85. The van der Waals surface area contributed by atoms with Crippen LogP contribution in [0.3, 0.4) is 0 Å². The zero-order valence-electron chi connectivity index (χ0n) is 31.5. The van der Waals surface area contributed by atoms with Gasteiger partial charge in [0, 0.05) is 36.8 Å². The van der Waals surface area contributed by atoms with Crippen molar-refractivity contribution >= 4 is 36.4 Å². The molecule has 4 aromatic carbocycles. The maximum Gasteiger partial charge on any atom is 0.352 e. The molecule has 12 nitrogen and oxygen atoms in total. The molecule has 10 bridgehead atoms. The van der Waals surface area contributed by atoms with Gasteiger partial charge in [-0.15, -0.1) is 0 Å². The number of carbonyl (C=O) groups is 6. The van der Waals surface area contributed by atoms with Gasteiger partial charge in [0.2, 0.25) is 12.2 Å². The Hall–Kier alpha value is -6.30. The fraction of sp³-hybridized carbons (Fsp3) is 0.318. The molecule has 0 amide bonds. The molecular weight excluding hydrogens is 720 g/mol. The second-order valence-electron chi connectivity index (χ2n) is 14.6. The average molecular weight is 763 g/mol. The fourth-order valence-electron chi connectivity index (χ4n) is 7.28. The Labute approximate surface area is 323 Å². The predicted molar refractivity (Wildman–Crippen MR) is 201 cm³/mol. The lowest BCUT2D eigenvalue weighted by molar-refractivity contribution is -0.194. The zero-order valence-corrected chi connectivity index (χ0v) is 31.5. The van der Waals surface area contributed by atoms with Crippen LogP contribution in [0.2, 0.25) is 0 Å². The molecule has 1 aliphatic carbocycles. The highest BCUT2D eigenvalue weighted by atomic mass is 16.6. The summed E-state index contributed by atoms with van der Waals surface area (Å²) in [6.07, 6.45) is -5.00. The number of hydrogen-bond donors (Lipinski definition) is 2. The molecule has 2 heterocycles. The van der Waals surface area contributed by atoms with Crippen LogP contribution < -0.4 is 0 Å². The summed E-state index contributed by atoms with van der Waals surface area (Å²) in [6, 6.07) is 16.7. The van der Waals surface area contributed by atoms with Gasteiger partial charge in [-0.2, -0.15) is 0 Å². The Kier molecular flexibility index (Phi) is 11.7. The molecule has 0 unspecified atom stereocenters. The number of carbonyl (C=O) groups excluding carboxylic acids is 6. The van der Waals surface area contributed by atoms with Gasteiger partial charge in [-0.25, -0.2) is 9.59 Å². The molecule has 290 valence electrons. The minimum absolute atomic E-state index is 0.0409. The van der Waals surface area contributed by atoms with E-state index in [4.69, 9.17) is 18.9 Å². The number of fused-ring (bicyclic) bond motifs is 7. The van der Waals surface area contributed by atoms with E-state index in [9.17, 15) is 39.0 Å². The number of esters is 4. The van der Waals surface area contributed by atoms with Crippen LogP contribution in [0.4, 0.5) is 0 Å². The standard InChI is InChI=1S/C44H42O12/c1-23(2)53-43(51)41-42(44(52)54-24(3)4)56-38(48)20-36-29-9-6-10-30(36)18-34-14-26(22-46)12-32(40(34)50)16-28-8-5-7-27(35(28)19-37(47)55-41)15-31-11-25(21-45)13-33(17-29)39(31)49/h5-14,21-24,41-42,49-50H,15-20H2,1-4H3/t41-,42-/m1/s1. The molecule has 7 rings (SSSR count). The number of aldehydes is 2. The molecule has 0 saturated heterocycles. The SMILES string of the molecule is CC(C)OC(=O)[C@@H]1OC(=O)Cc2c3cccc2Cc2cc(C=O)cc(c2O)Cc2cccc(c2CC(=O)O[C@H]1C(=O)OC(C)C)Cc1cc(C=O)cc(c1O)C3. The molecular formula is C44H42O12. The van der Waals surface area contributed by atoms with E-state index in [2.05, 4.69) is 0 Å². The number of phenols is 2. The summed E-state index contributed by atoms with van der Waals surface area (Å²) in [5.41, 5.74) is 5.06. The normalized spacial score (nSPS) is 16.9. The van der Waals surface area contributed by atoms with Crippen molar-refractivity contribution in [1.82, 2.24) is 0 Å². The van der Waals surface area contributed by atoms with Crippen LogP contribution in [0.5, 0.6) is 11.5 Å². The van der Waals surface area contributed by atoms with Crippen molar-refractivity contribution < 1.29 is 57.9 Å². The molecule has 12 heteroatoms. The Bertz CT molecular complexity index is 1990. The number of phenolic OH excluding ortho intramolecular Hbond substituents is 2. The highest BCUT2D eigenvalue weighted by molar-refractivity contribution is 5.90. The summed E-state index contributed by atoms with van der Waals surface area (Å²) in [6.45, 7) is 6.26. The third-order valence-corrected chi connectivity index (χ3v) is 9.72. The van der Waals surface area contributed by atoms with Crippen LogP contribution in [0.25, 0.3) is 0 Å². The summed E-state index contributed by atoms with van der Waals surface area (Å²) in [7, 11) is 0. The van der Waals surface area contributed by atoms with Crippen molar-refractivity contribution in [2.75, 3.05) is 0 Å². The summed E-state index contributed by atoms with van der Waals surface area (Å²) >= 11 is 0. The lowest BCUT2D eigenvalue weighted by Crippen LogP contribution is -2.48. The van der Waals surface area contributed by atoms with E-state index in [0.717, 1.165) is 0 Å². The average Bonchev–Trinajstić information content (AvgIpc) is 3.13. The van der Waals surface area contributed by atoms with Gasteiger partial charge in [-0.1, -0.05) is 36.4 Å². The fourth-order valence-corrected chi connectivity index (χ4v) is 7.28. The van der Waals surface area contributed by atoms with Gasteiger partial charge in [0.15, 0.2) is 0 Å². The summed E-state index contributed by atoms with van der Waals surface area (Å²) in [5, 5.41) is 23.5. The van der Waals surface area contributed by atoms with Crippen LogP contribution in [0.15, 0.2) is 60.7 Å². The van der Waals surface area contributed by atoms with Crippen LogP contribution in [0, 0.1) is 0 Å². The van der Waals surface area contributed by atoms with E-state index in [-0.39, 0.29) is 37.2 Å². The number of benzene rings is 4. The largest absolute Gasteiger partial charge is 0.507 e. The minimum Gasteiger partial charge on any atom is -0.507 e. The summed E-state index contributed by atoms with van der Waals surface area (Å²) in [4.78, 5) is 80.0. The van der Waals surface area contributed by atoms with Gasteiger partial charge in [-0.3, -0.25) is 19.2 Å². The molecule has 3 aliphatic rings. The first kappa shape index (κ1) is 39.4. The Morgan fingerprint density at radius 3 is 1.14 bits per heavy atom. The zero-order chi connectivity index (χ0) is 40.3. The third kappa shape index (κ3) is 8.64. The first-order chi connectivity index (χ1) is 26.7. The minimum atomic E-state index is -2.06. The number of hydrogen-bond acceptors (Lipinski definition) is 12. The first-order valence-corrected chi connectivity index (χ1v) is 18.3. The smallest absolute Gasteiger partial charge is 0.352 e. The molecule has 56 heavy (non-hydrogen) atoms. The predicted octanol–water partition coefficient (Wildman–Crippen LogP) is 5.22. The Balaban J connectivity index is 1.67. The van der Waals surface area contributed by atoms with Gasteiger partial charge in [-0.05, 0) is 108 Å². The van der Waals surface area contributed by atoms with E-state index in [1.54, 1.807) is 88.4 Å². The van der Waals surface area contributed by atoms with Gasteiger partial charge in [0.1, 0.15) is 24.1 Å². The van der Waals surface area contributed by atoms with Crippen molar-refractivity contribution in [3.63, 3.8) is 0 Å². The van der Waals surface area contributed by atoms with Crippen molar-refractivity contribution in [2.45, 2.75) is 90.6 Å². The van der Waals surface area contributed by atoms with Gasteiger partial charge >= 0.3 is 23.9 Å². The quantitative estimate of drug-likeness (QED) is 0.131. The maximum atomic E-state index is 14.1. The Morgan fingerprint density at radius 2 is 0.875 bits per heavy atom. The van der Waals surface area contributed by atoms with E-state index < -0.39 is 61.1 Å². The lowest BCUT2D eigenvalue weighted by Gasteiger charge is -2.26. The van der Waals surface area contributed by atoms with Crippen molar-refractivity contribution in [3.05, 3.63) is 127 Å². The van der Waals surface area contributed by atoms with Gasteiger partial charge < -0.3 is 29.2 Å². The number of rotatable bonds is 6. The van der Waals surface area contributed by atoms with Crippen molar-refractivity contribution in [2.24, 2.45) is 0 Å². The van der Waals surface area contributed by atoms with Gasteiger partial charge in [0.25, 0.3) is 0 Å². The second kappa shape index (κ2) is 16.6. The monoisotopic (exact) mass is 762 g/mol. The van der Waals surface area contributed by atoms with Crippen molar-refractivity contribution in [1.29, 1.82) is 0 Å². The van der Waals surface area contributed by atoms with E-state index in [1.807, 2.05) is 0 Å². The highest BCUT2D eigenvalue weighted by Gasteiger charge is 2.43. The molecule has 0 spiro atoms. The van der Waals surface area contributed by atoms with Crippen LogP contribution in [-0.4, -0.2) is 71.1 Å². The maximum absolute atomic E-state index is 14.1. The van der Waals surface area contributed by atoms with Crippen LogP contribution in [-0.2, 0) is 76.7 Å². The molecule has 0 radical (unpaired) electrons. The van der Waals surface area contributed by atoms with E-state index in [0.29, 0.717) is 79.3 Å². The summed E-state index contributed by atoms with van der Waals surface area (Å²) < 4.78 is 22.3. The molecule has 0 saturated carbocycles. The first-order valence-electron chi connectivity index (χ1n) is 18.3. The Morgan fingerprint density at radius 1 is 0.571 bits per heavy atom. The molecule has 2 N–H and O–H groups in total. The van der Waals surface area contributed by atoms with E-state index in [1.165, 1.54) is 0 Å². The number of aromatic hydroxyl groups is 2.